The van der Waals surface area contributed by atoms with E-state index in [1.54, 1.807) is 11.3 Å². The van der Waals surface area contributed by atoms with E-state index in [9.17, 15) is 4.79 Å². The van der Waals surface area contributed by atoms with E-state index < -0.39 is 0 Å². The molecule has 1 aliphatic carbocycles. The number of hydrogen-bond donors (Lipinski definition) is 1. The Morgan fingerprint density at radius 3 is 2.66 bits per heavy atom. The summed E-state index contributed by atoms with van der Waals surface area (Å²) in [7, 11) is 1.94. The first-order valence-corrected chi connectivity index (χ1v) is 12.8. The summed E-state index contributed by atoms with van der Waals surface area (Å²) in [6, 6.07) is 9.43. The van der Waals surface area contributed by atoms with E-state index in [0.29, 0.717) is 40.5 Å². The highest BCUT2D eigenvalue weighted by molar-refractivity contribution is 7.16. The van der Waals surface area contributed by atoms with Gasteiger partial charge in [-0.2, -0.15) is 0 Å². The van der Waals surface area contributed by atoms with Gasteiger partial charge in [-0.25, -0.2) is 9.97 Å². The van der Waals surface area contributed by atoms with E-state index in [-0.39, 0.29) is 5.91 Å². The van der Waals surface area contributed by atoms with E-state index in [0.717, 1.165) is 46.6 Å². The van der Waals surface area contributed by atoms with E-state index in [4.69, 9.17) is 16.6 Å². The lowest BCUT2D eigenvalue weighted by atomic mass is 9.97. The number of carbonyl (C=O) groups is 1. The Balaban J connectivity index is 1.20. The molecule has 1 aromatic carbocycles. The van der Waals surface area contributed by atoms with Gasteiger partial charge in [0.15, 0.2) is 0 Å². The Hall–Kier alpha value is -2.02. The predicted octanol–water partition coefficient (Wildman–Crippen LogP) is 5.28. The Bertz CT molecular complexity index is 1200. The van der Waals surface area contributed by atoms with Gasteiger partial charge >= 0.3 is 0 Å². The molecule has 0 radical (unpaired) electrons. The van der Waals surface area contributed by atoms with Crippen LogP contribution in [0, 0.1) is 6.92 Å². The van der Waals surface area contributed by atoms with Crippen LogP contribution in [-0.4, -0.2) is 45.9 Å². The van der Waals surface area contributed by atoms with Crippen molar-refractivity contribution in [1.29, 1.82) is 0 Å². The van der Waals surface area contributed by atoms with Crippen LogP contribution in [0.15, 0.2) is 29.6 Å². The zero-order valence-electron chi connectivity index (χ0n) is 18.3. The number of amides is 1. The summed E-state index contributed by atoms with van der Waals surface area (Å²) in [5, 5.41) is 7.58. The van der Waals surface area contributed by atoms with Gasteiger partial charge in [0.2, 0.25) is 0 Å². The minimum atomic E-state index is 0.0727. The van der Waals surface area contributed by atoms with Crippen LogP contribution in [0.5, 0.6) is 0 Å². The first-order valence-electron chi connectivity index (χ1n) is 11.5. The summed E-state index contributed by atoms with van der Waals surface area (Å²) in [5.41, 5.74) is 2.94. The van der Waals surface area contributed by atoms with Gasteiger partial charge in [-0.05, 0) is 74.1 Å². The number of aryl methyl sites for hydroxylation is 1. The van der Waals surface area contributed by atoms with Gasteiger partial charge in [0.05, 0.1) is 5.69 Å². The molecule has 2 aliphatic heterocycles. The number of nitrogens with zero attached hydrogens (tertiary/aromatic N) is 3. The van der Waals surface area contributed by atoms with E-state index in [1.165, 1.54) is 12.8 Å². The lowest BCUT2D eigenvalue weighted by Gasteiger charge is -2.35. The van der Waals surface area contributed by atoms with Crippen molar-refractivity contribution < 1.29 is 4.79 Å². The summed E-state index contributed by atoms with van der Waals surface area (Å²) >= 11 is 8.39. The molecule has 1 amide bonds. The Morgan fingerprint density at radius 2 is 1.91 bits per heavy atom. The molecule has 2 bridgehead atoms. The number of benzene rings is 1. The first-order chi connectivity index (χ1) is 15.5. The first kappa shape index (κ1) is 20.6. The van der Waals surface area contributed by atoms with Crippen LogP contribution in [0.3, 0.4) is 0 Å². The van der Waals surface area contributed by atoms with Crippen LogP contribution in [0.4, 0.5) is 0 Å². The minimum Gasteiger partial charge on any atom is -0.339 e. The van der Waals surface area contributed by atoms with Crippen molar-refractivity contribution in [2.45, 2.75) is 69.0 Å². The van der Waals surface area contributed by atoms with E-state index in [1.807, 2.05) is 31.0 Å². The van der Waals surface area contributed by atoms with Crippen molar-refractivity contribution in [1.82, 2.24) is 20.2 Å². The lowest BCUT2D eigenvalue weighted by molar-refractivity contribution is 0.0681. The zero-order chi connectivity index (χ0) is 22.0. The average molecular weight is 467 g/mol. The van der Waals surface area contributed by atoms with Gasteiger partial charge < -0.3 is 10.2 Å². The van der Waals surface area contributed by atoms with Crippen molar-refractivity contribution in [3.63, 3.8) is 0 Å². The molecular formula is C25H27ClN4OS. The lowest BCUT2D eigenvalue weighted by Crippen LogP contribution is -2.48. The third-order valence-electron chi connectivity index (χ3n) is 7.57. The number of fused-ring (bicyclic) bond motifs is 3. The van der Waals surface area contributed by atoms with Crippen LogP contribution in [0.1, 0.15) is 71.4 Å². The smallest absolute Gasteiger partial charge is 0.253 e. The maximum atomic E-state index is 13.2. The second-order valence-corrected chi connectivity index (χ2v) is 11.0. The van der Waals surface area contributed by atoms with Gasteiger partial charge in [-0.15, -0.1) is 11.3 Å². The number of rotatable bonds is 4. The minimum absolute atomic E-state index is 0.0727. The Kier molecular flexibility index (Phi) is 5.01. The van der Waals surface area contributed by atoms with Crippen molar-refractivity contribution >= 4 is 39.1 Å². The van der Waals surface area contributed by atoms with Gasteiger partial charge in [0.1, 0.15) is 10.7 Å². The monoisotopic (exact) mass is 466 g/mol. The van der Waals surface area contributed by atoms with E-state index >= 15 is 0 Å². The van der Waals surface area contributed by atoms with Crippen molar-refractivity contribution in [2.75, 3.05) is 7.05 Å². The Labute approximate surface area is 197 Å². The molecule has 2 unspecified atom stereocenters. The number of aromatic nitrogens is 2. The molecule has 1 N–H and O–H groups in total. The fraction of sp³-hybridized carbons (Fsp3) is 0.480. The third-order valence-corrected chi connectivity index (χ3v) is 8.71. The summed E-state index contributed by atoms with van der Waals surface area (Å²) in [4.78, 5) is 25.5. The standard InChI is InChI=1S/C25H27ClN4OS/c1-13-27-23(19-7-8-32-24(19)28-13)21-12-20(21)18-6-3-14(9-22(18)26)25(31)30(2)17-10-15-4-5-16(11-17)29-15/h3,6-9,15-17,20-21,29H,4-5,10-12H2,1-2H3/t15?,16?,17?,20-,21+/m0/s1. The molecule has 0 spiro atoms. The third kappa shape index (κ3) is 3.53. The normalized spacial score (nSPS) is 28.8. The van der Waals surface area contributed by atoms with Crippen LogP contribution in [0.2, 0.25) is 5.02 Å². The molecule has 166 valence electrons. The maximum Gasteiger partial charge on any atom is 0.253 e. The quantitative estimate of drug-likeness (QED) is 0.568. The highest BCUT2D eigenvalue weighted by Crippen LogP contribution is 2.57. The average Bonchev–Trinajstić information content (AvgIpc) is 3.30. The fourth-order valence-electron chi connectivity index (χ4n) is 5.79. The molecule has 2 aromatic heterocycles. The Morgan fingerprint density at radius 1 is 1.12 bits per heavy atom. The molecule has 2 saturated heterocycles. The maximum absolute atomic E-state index is 13.2. The SMILES string of the molecule is Cc1nc([C@@H]2C[C@H]2c2ccc(C(=O)N(C)C3CC4CCC(C3)N4)cc2Cl)c2ccsc2n1. The highest BCUT2D eigenvalue weighted by Gasteiger charge is 2.43. The van der Waals surface area contributed by atoms with Crippen molar-refractivity contribution in [3.8, 4) is 0 Å². The number of hydrogen-bond acceptors (Lipinski definition) is 5. The van der Waals surface area contributed by atoms with Crippen LogP contribution < -0.4 is 5.32 Å². The van der Waals surface area contributed by atoms with Crippen molar-refractivity contribution in [2.24, 2.45) is 0 Å². The molecule has 3 fully saturated rings. The van der Waals surface area contributed by atoms with Gasteiger partial charge in [0.25, 0.3) is 5.91 Å². The summed E-state index contributed by atoms with van der Waals surface area (Å²) < 4.78 is 0. The molecule has 32 heavy (non-hydrogen) atoms. The number of thiophene rings is 1. The van der Waals surface area contributed by atoms with Gasteiger partial charge in [0, 0.05) is 47.1 Å². The largest absolute Gasteiger partial charge is 0.339 e. The van der Waals surface area contributed by atoms with Crippen LogP contribution in [0.25, 0.3) is 10.2 Å². The zero-order valence-corrected chi connectivity index (χ0v) is 19.9. The number of halogens is 1. The van der Waals surface area contributed by atoms with E-state index in [2.05, 4.69) is 27.8 Å². The molecule has 4 atom stereocenters. The highest BCUT2D eigenvalue weighted by atomic mass is 35.5. The summed E-state index contributed by atoms with van der Waals surface area (Å²) in [6.07, 6.45) is 5.59. The number of nitrogens with one attached hydrogen (secondary N) is 1. The number of carbonyl (C=O) groups excluding carboxylic acids is 1. The molecule has 6 rings (SSSR count). The fourth-order valence-corrected chi connectivity index (χ4v) is 6.92. The topological polar surface area (TPSA) is 58.1 Å². The predicted molar refractivity (Wildman–Crippen MR) is 129 cm³/mol. The van der Waals surface area contributed by atoms with Crippen LogP contribution in [-0.2, 0) is 0 Å². The molecule has 7 heteroatoms. The molecule has 4 heterocycles. The second kappa shape index (κ2) is 7.79. The second-order valence-electron chi connectivity index (χ2n) is 9.66. The van der Waals surface area contributed by atoms with Crippen LogP contribution >= 0.6 is 22.9 Å². The molecule has 5 nitrogen and oxygen atoms in total. The molecule has 3 aliphatic rings. The van der Waals surface area contributed by atoms with Crippen molar-refractivity contribution in [3.05, 3.63) is 57.3 Å². The molecule has 1 saturated carbocycles. The molecular weight excluding hydrogens is 440 g/mol. The summed E-state index contributed by atoms with van der Waals surface area (Å²) in [6.45, 7) is 1.96. The van der Waals surface area contributed by atoms with Gasteiger partial charge in [-0.3, -0.25) is 4.79 Å². The molecule has 3 aromatic rings. The van der Waals surface area contributed by atoms with Gasteiger partial charge in [-0.1, -0.05) is 17.7 Å². The summed E-state index contributed by atoms with van der Waals surface area (Å²) in [5.74, 6) is 1.60. The number of piperidine rings is 1.